The van der Waals surface area contributed by atoms with Crippen LogP contribution in [0.5, 0.6) is 0 Å². The van der Waals surface area contributed by atoms with E-state index in [4.69, 9.17) is 9.47 Å². The highest BCUT2D eigenvalue weighted by Crippen LogP contribution is 2.44. The molecule has 1 aromatic carbocycles. The molecule has 1 aliphatic carbocycles. The molecule has 3 rings (SSSR count). The molecule has 0 saturated heterocycles. The Labute approximate surface area is 190 Å². The van der Waals surface area contributed by atoms with Crippen molar-refractivity contribution < 1.29 is 28.7 Å². The number of carbonyl (C=O) groups is 4. The molecule has 2 N–H and O–H groups in total. The maximum Gasteiger partial charge on any atom is 0.341 e. The number of thiophene rings is 1. The van der Waals surface area contributed by atoms with Crippen LogP contribution in [0.25, 0.3) is 0 Å². The van der Waals surface area contributed by atoms with E-state index in [9.17, 15) is 19.2 Å². The highest BCUT2D eigenvalue weighted by atomic mass is 32.1. The molecule has 0 aliphatic heterocycles. The number of anilines is 2. The zero-order valence-corrected chi connectivity index (χ0v) is 19.1. The second kappa shape index (κ2) is 10.4. The summed E-state index contributed by atoms with van der Waals surface area (Å²) in [6, 6.07) is 6.49. The number of benzene rings is 1. The SMILES string of the molecule is CCOC(=O)c1c(NC(=O)c2cccc(NC(C)=O)c2)sc2c1C(C(=O)OCC)CCC2. The van der Waals surface area contributed by atoms with Crippen molar-refractivity contribution >= 4 is 45.8 Å². The van der Waals surface area contributed by atoms with Crippen LogP contribution in [0.4, 0.5) is 10.7 Å². The molecule has 2 amide bonds. The summed E-state index contributed by atoms with van der Waals surface area (Å²) in [4.78, 5) is 50.6. The first-order valence-electron chi connectivity index (χ1n) is 10.5. The Morgan fingerprint density at radius 1 is 1.09 bits per heavy atom. The third-order valence-corrected chi connectivity index (χ3v) is 6.17. The second-order valence-corrected chi connectivity index (χ2v) is 8.38. The zero-order valence-electron chi connectivity index (χ0n) is 18.3. The lowest BCUT2D eigenvalue weighted by Crippen LogP contribution is -2.23. The van der Waals surface area contributed by atoms with Crippen molar-refractivity contribution in [3.05, 3.63) is 45.8 Å². The maximum absolute atomic E-state index is 13.0. The van der Waals surface area contributed by atoms with Crippen LogP contribution in [0.1, 0.15) is 70.7 Å². The summed E-state index contributed by atoms with van der Waals surface area (Å²) in [5, 5.41) is 5.79. The van der Waals surface area contributed by atoms with Crippen LogP contribution in [0.3, 0.4) is 0 Å². The van der Waals surface area contributed by atoms with Gasteiger partial charge in [-0.05, 0) is 56.9 Å². The average Bonchev–Trinajstić information content (AvgIpc) is 3.11. The third kappa shape index (κ3) is 5.16. The van der Waals surface area contributed by atoms with Crippen molar-refractivity contribution in [3.8, 4) is 0 Å². The second-order valence-electron chi connectivity index (χ2n) is 7.28. The van der Waals surface area contributed by atoms with Gasteiger partial charge in [-0.3, -0.25) is 14.4 Å². The van der Waals surface area contributed by atoms with E-state index in [0.717, 1.165) is 11.3 Å². The molecule has 0 radical (unpaired) electrons. The molecule has 1 aliphatic rings. The van der Waals surface area contributed by atoms with Crippen molar-refractivity contribution in [2.45, 2.75) is 46.0 Å². The molecule has 0 fully saturated rings. The summed E-state index contributed by atoms with van der Waals surface area (Å²) in [6.07, 6.45) is 2.06. The maximum atomic E-state index is 13.0. The van der Waals surface area contributed by atoms with E-state index in [1.807, 2.05) is 0 Å². The van der Waals surface area contributed by atoms with Gasteiger partial charge in [0.1, 0.15) is 5.00 Å². The number of amides is 2. The monoisotopic (exact) mass is 458 g/mol. The van der Waals surface area contributed by atoms with E-state index in [1.165, 1.54) is 18.3 Å². The van der Waals surface area contributed by atoms with Crippen LogP contribution in [0, 0.1) is 0 Å². The number of carbonyl (C=O) groups excluding carboxylic acids is 4. The van der Waals surface area contributed by atoms with Crippen LogP contribution in [-0.2, 0) is 25.5 Å². The standard InChI is InChI=1S/C23H26N2O6S/c1-4-30-22(28)16-10-7-11-17-18(16)19(23(29)31-5-2)21(32-17)25-20(27)14-8-6-9-15(12-14)24-13(3)26/h6,8-9,12,16H,4-5,7,10-11H2,1-3H3,(H,24,26)(H,25,27). The Morgan fingerprint density at radius 2 is 1.84 bits per heavy atom. The fraction of sp³-hybridized carbons (Fsp3) is 0.391. The quantitative estimate of drug-likeness (QED) is 0.604. The summed E-state index contributed by atoms with van der Waals surface area (Å²) in [7, 11) is 0. The molecule has 1 aromatic heterocycles. The topological polar surface area (TPSA) is 111 Å². The Bertz CT molecular complexity index is 1050. The summed E-state index contributed by atoms with van der Waals surface area (Å²) < 4.78 is 10.5. The average molecular weight is 459 g/mol. The first-order chi connectivity index (χ1) is 15.3. The van der Waals surface area contributed by atoms with E-state index in [0.29, 0.717) is 34.7 Å². The number of rotatable bonds is 7. The van der Waals surface area contributed by atoms with E-state index in [1.54, 1.807) is 38.1 Å². The molecule has 170 valence electrons. The van der Waals surface area contributed by atoms with Crippen LogP contribution in [0.2, 0.25) is 0 Å². The number of nitrogens with one attached hydrogen (secondary N) is 2. The summed E-state index contributed by atoms with van der Waals surface area (Å²) >= 11 is 1.28. The van der Waals surface area contributed by atoms with Gasteiger partial charge in [-0.2, -0.15) is 0 Å². The van der Waals surface area contributed by atoms with E-state index >= 15 is 0 Å². The summed E-state index contributed by atoms with van der Waals surface area (Å²) in [6.45, 7) is 5.24. The fourth-order valence-corrected chi connectivity index (χ4v) is 5.03. The van der Waals surface area contributed by atoms with Gasteiger partial charge in [0.25, 0.3) is 5.91 Å². The lowest BCUT2D eigenvalue weighted by molar-refractivity contribution is -0.145. The molecule has 2 aromatic rings. The predicted molar refractivity (Wildman–Crippen MR) is 121 cm³/mol. The lowest BCUT2D eigenvalue weighted by atomic mass is 9.85. The lowest BCUT2D eigenvalue weighted by Gasteiger charge is -2.22. The molecule has 0 saturated carbocycles. The van der Waals surface area contributed by atoms with Crippen molar-refractivity contribution in [2.75, 3.05) is 23.8 Å². The highest BCUT2D eigenvalue weighted by Gasteiger charge is 2.36. The number of esters is 2. The largest absolute Gasteiger partial charge is 0.466 e. The van der Waals surface area contributed by atoms with E-state index < -0.39 is 17.8 Å². The van der Waals surface area contributed by atoms with E-state index in [2.05, 4.69) is 10.6 Å². The van der Waals surface area contributed by atoms with Gasteiger partial charge in [0, 0.05) is 23.1 Å². The van der Waals surface area contributed by atoms with Crippen LogP contribution < -0.4 is 10.6 Å². The molecule has 32 heavy (non-hydrogen) atoms. The number of fused-ring (bicyclic) bond motifs is 1. The van der Waals surface area contributed by atoms with Gasteiger partial charge in [-0.15, -0.1) is 11.3 Å². The van der Waals surface area contributed by atoms with Gasteiger partial charge in [-0.25, -0.2) is 4.79 Å². The highest BCUT2D eigenvalue weighted by molar-refractivity contribution is 7.17. The van der Waals surface area contributed by atoms with Crippen LogP contribution in [0.15, 0.2) is 24.3 Å². The minimum atomic E-state index is -0.580. The first-order valence-corrected chi connectivity index (χ1v) is 11.4. The van der Waals surface area contributed by atoms with Crippen molar-refractivity contribution in [3.63, 3.8) is 0 Å². The predicted octanol–water partition coefficient (Wildman–Crippen LogP) is 4.12. The van der Waals surface area contributed by atoms with Crippen LogP contribution >= 0.6 is 11.3 Å². The summed E-state index contributed by atoms with van der Waals surface area (Å²) in [5.74, 6) is -2.21. The number of hydrogen-bond donors (Lipinski definition) is 2. The Hall–Kier alpha value is -3.20. The molecular weight excluding hydrogens is 432 g/mol. The van der Waals surface area contributed by atoms with Gasteiger partial charge < -0.3 is 20.1 Å². The number of aryl methyl sites for hydroxylation is 1. The zero-order chi connectivity index (χ0) is 23.3. The van der Waals surface area contributed by atoms with Crippen molar-refractivity contribution in [1.82, 2.24) is 0 Å². The van der Waals surface area contributed by atoms with Crippen LogP contribution in [-0.4, -0.2) is 37.0 Å². The van der Waals surface area contributed by atoms with E-state index in [-0.39, 0.29) is 30.7 Å². The van der Waals surface area contributed by atoms with Gasteiger partial charge in [0.15, 0.2) is 0 Å². The van der Waals surface area contributed by atoms with Gasteiger partial charge in [0.05, 0.1) is 24.7 Å². The fourth-order valence-electron chi connectivity index (χ4n) is 3.75. The normalized spacial score (nSPS) is 14.8. The Morgan fingerprint density at radius 3 is 2.53 bits per heavy atom. The minimum Gasteiger partial charge on any atom is -0.466 e. The smallest absolute Gasteiger partial charge is 0.341 e. The Kier molecular flexibility index (Phi) is 7.63. The number of hydrogen-bond acceptors (Lipinski definition) is 7. The molecular formula is C23H26N2O6S. The molecule has 0 bridgehead atoms. The first kappa shape index (κ1) is 23.5. The van der Waals surface area contributed by atoms with Gasteiger partial charge in [-0.1, -0.05) is 6.07 Å². The molecule has 1 heterocycles. The molecule has 0 spiro atoms. The summed E-state index contributed by atoms with van der Waals surface area (Å²) in [5.41, 5.74) is 1.62. The van der Waals surface area contributed by atoms with Gasteiger partial charge in [0.2, 0.25) is 5.91 Å². The third-order valence-electron chi connectivity index (χ3n) is 4.99. The minimum absolute atomic E-state index is 0.166. The number of ether oxygens (including phenoxy) is 2. The van der Waals surface area contributed by atoms with Crippen molar-refractivity contribution in [2.24, 2.45) is 0 Å². The molecule has 9 heteroatoms. The van der Waals surface area contributed by atoms with Crippen molar-refractivity contribution in [1.29, 1.82) is 0 Å². The molecule has 8 nitrogen and oxygen atoms in total. The Balaban J connectivity index is 1.98. The van der Waals surface area contributed by atoms with Gasteiger partial charge >= 0.3 is 11.9 Å². The molecule has 1 unspecified atom stereocenters. The molecule has 1 atom stereocenters.